The summed E-state index contributed by atoms with van der Waals surface area (Å²) in [4.78, 5) is 36.4. The average molecular weight is 246 g/mol. The van der Waals surface area contributed by atoms with Crippen LogP contribution >= 0.6 is 0 Å². The monoisotopic (exact) mass is 246 g/mol. The molecule has 5 nitrogen and oxygen atoms in total. The third kappa shape index (κ3) is 1.68. The van der Waals surface area contributed by atoms with E-state index in [2.05, 4.69) is 5.32 Å². The number of benzene rings is 1. The number of hydrogen-bond acceptors (Lipinski definition) is 3. The number of rotatable bonds is 1. The standard InChI is InChI=1S/C13H14N2O3/c1-13(2)11(17)14-9-5-4-8(7-16)6-10(9)15(3)12(13)18/h4-7H,1-3H3,(H,14,17). The van der Waals surface area contributed by atoms with Crippen LogP contribution in [0.3, 0.4) is 0 Å². The summed E-state index contributed by atoms with van der Waals surface area (Å²) < 4.78 is 0. The molecule has 1 aliphatic heterocycles. The van der Waals surface area contributed by atoms with Gasteiger partial charge in [-0.15, -0.1) is 0 Å². The molecule has 1 aliphatic rings. The summed E-state index contributed by atoms with van der Waals surface area (Å²) in [6.45, 7) is 3.15. The Morgan fingerprint density at radius 3 is 2.56 bits per heavy atom. The summed E-state index contributed by atoms with van der Waals surface area (Å²) in [5.41, 5.74) is 0.396. The van der Waals surface area contributed by atoms with Crippen molar-refractivity contribution in [3.63, 3.8) is 0 Å². The molecule has 0 aromatic heterocycles. The summed E-state index contributed by atoms with van der Waals surface area (Å²) in [6, 6.07) is 4.81. The second kappa shape index (κ2) is 3.94. The van der Waals surface area contributed by atoms with Gasteiger partial charge in [0.2, 0.25) is 11.8 Å². The van der Waals surface area contributed by atoms with Crippen LogP contribution < -0.4 is 10.2 Å². The molecule has 2 amide bonds. The molecule has 0 unspecified atom stereocenters. The van der Waals surface area contributed by atoms with Gasteiger partial charge in [-0.2, -0.15) is 0 Å². The van der Waals surface area contributed by atoms with Gasteiger partial charge in [0.1, 0.15) is 11.7 Å². The highest BCUT2D eigenvalue weighted by molar-refractivity contribution is 6.19. The number of hydrogen-bond donors (Lipinski definition) is 1. The van der Waals surface area contributed by atoms with Crippen LogP contribution in [0.4, 0.5) is 11.4 Å². The van der Waals surface area contributed by atoms with Crippen molar-refractivity contribution in [1.29, 1.82) is 0 Å². The number of fused-ring (bicyclic) bond motifs is 1. The first-order chi connectivity index (χ1) is 8.37. The largest absolute Gasteiger partial charge is 0.323 e. The maximum Gasteiger partial charge on any atom is 0.241 e. The van der Waals surface area contributed by atoms with Crippen molar-refractivity contribution in [2.75, 3.05) is 17.3 Å². The Labute approximate surface area is 105 Å². The molecule has 0 fully saturated rings. The highest BCUT2D eigenvalue weighted by Crippen LogP contribution is 2.34. The number of aldehydes is 1. The molecule has 0 radical (unpaired) electrons. The summed E-state index contributed by atoms with van der Waals surface area (Å²) >= 11 is 0. The van der Waals surface area contributed by atoms with Gasteiger partial charge in [0.15, 0.2) is 0 Å². The average Bonchev–Trinajstić information content (AvgIpc) is 2.41. The lowest BCUT2D eigenvalue weighted by Crippen LogP contribution is -2.43. The number of carbonyl (C=O) groups excluding carboxylic acids is 3. The van der Waals surface area contributed by atoms with E-state index in [0.29, 0.717) is 23.2 Å². The Morgan fingerprint density at radius 1 is 1.28 bits per heavy atom. The molecule has 1 aromatic carbocycles. The van der Waals surface area contributed by atoms with Crippen molar-refractivity contribution in [3.05, 3.63) is 23.8 Å². The van der Waals surface area contributed by atoms with Gasteiger partial charge in [-0.1, -0.05) is 0 Å². The maximum absolute atomic E-state index is 12.2. The van der Waals surface area contributed by atoms with Gasteiger partial charge in [0.25, 0.3) is 0 Å². The lowest BCUT2D eigenvalue weighted by Gasteiger charge is -2.24. The highest BCUT2D eigenvalue weighted by atomic mass is 16.2. The fourth-order valence-electron chi connectivity index (χ4n) is 1.91. The first-order valence-corrected chi connectivity index (χ1v) is 5.57. The second-order valence-electron chi connectivity index (χ2n) is 4.84. The molecule has 0 atom stereocenters. The first-order valence-electron chi connectivity index (χ1n) is 5.57. The van der Waals surface area contributed by atoms with E-state index in [-0.39, 0.29) is 11.8 Å². The predicted molar refractivity (Wildman–Crippen MR) is 67.7 cm³/mol. The van der Waals surface area contributed by atoms with Crippen LogP contribution in [0.5, 0.6) is 0 Å². The minimum atomic E-state index is -1.13. The number of nitrogens with zero attached hydrogens (tertiary/aromatic N) is 1. The summed E-state index contributed by atoms with van der Waals surface area (Å²) in [5, 5.41) is 2.71. The van der Waals surface area contributed by atoms with E-state index in [9.17, 15) is 14.4 Å². The minimum Gasteiger partial charge on any atom is -0.323 e. The van der Waals surface area contributed by atoms with E-state index in [0.717, 1.165) is 0 Å². The number of carbonyl (C=O) groups is 3. The van der Waals surface area contributed by atoms with E-state index >= 15 is 0 Å². The molecule has 0 bridgehead atoms. The van der Waals surface area contributed by atoms with Crippen LogP contribution in [-0.2, 0) is 9.59 Å². The minimum absolute atomic E-state index is 0.304. The van der Waals surface area contributed by atoms with Crippen molar-refractivity contribution in [3.8, 4) is 0 Å². The van der Waals surface area contributed by atoms with Crippen molar-refractivity contribution in [1.82, 2.24) is 0 Å². The van der Waals surface area contributed by atoms with Gasteiger partial charge < -0.3 is 10.2 Å². The summed E-state index contributed by atoms with van der Waals surface area (Å²) in [5.74, 6) is -0.654. The van der Waals surface area contributed by atoms with E-state index in [1.54, 1.807) is 39.1 Å². The van der Waals surface area contributed by atoms with Crippen LogP contribution in [-0.4, -0.2) is 25.1 Å². The summed E-state index contributed by atoms with van der Waals surface area (Å²) in [6.07, 6.45) is 0.705. The van der Waals surface area contributed by atoms with E-state index in [4.69, 9.17) is 0 Å². The number of anilines is 2. The normalized spacial score (nSPS) is 17.8. The molecule has 0 saturated carbocycles. The lowest BCUT2D eigenvalue weighted by molar-refractivity contribution is -0.136. The van der Waals surface area contributed by atoms with Crippen LogP contribution in [0.2, 0.25) is 0 Å². The smallest absolute Gasteiger partial charge is 0.241 e. The molecular weight excluding hydrogens is 232 g/mol. The third-order valence-electron chi connectivity index (χ3n) is 3.17. The lowest BCUT2D eigenvalue weighted by atomic mass is 9.91. The first kappa shape index (κ1) is 12.3. The molecular formula is C13H14N2O3. The van der Waals surface area contributed by atoms with Crippen LogP contribution in [0.1, 0.15) is 24.2 Å². The van der Waals surface area contributed by atoms with Gasteiger partial charge in [-0.25, -0.2) is 0 Å². The highest BCUT2D eigenvalue weighted by Gasteiger charge is 2.41. The molecule has 0 spiro atoms. The van der Waals surface area contributed by atoms with Crippen molar-refractivity contribution in [2.45, 2.75) is 13.8 Å². The van der Waals surface area contributed by atoms with E-state index in [1.807, 2.05) is 0 Å². The predicted octanol–water partition coefficient (Wildman–Crippen LogP) is 1.44. The third-order valence-corrected chi connectivity index (χ3v) is 3.17. The Kier molecular flexibility index (Phi) is 2.69. The quantitative estimate of drug-likeness (QED) is 0.602. The Morgan fingerprint density at radius 2 is 1.94 bits per heavy atom. The molecule has 0 saturated heterocycles. The van der Waals surface area contributed by atoms with Crippen molar-refractivity contribution >= 4 is 29.5 Å². The van der Waals surface area contributed by atoms with Crippen molar-refractivity contribution in [2.24, 2.45) is 5.41 Å². The van der Waals surface area contributed by atoms with Crippen molar-refractivity contribution < 1.29 is 14.4 Å². The topological polar surface area (TPSA) is 66.5 Å². The SMILES string of the molecule is CN1C(=O)C(C)(C)C(=O)Nc2ccc(C=O)cc21. The molecule has 2 rings (SSSR count). The van der Waals surface area contributed by atoms with Crippen LogP contribution in [0.15, 0.2) is 18.2 Å². The van der Waals surface area contributed by atoms with Gasteiger partial charge in [-0.05, 0) is 32.0 Å². The van der Waals surface area contributed by atoms with Crippen LogP contribution in [0, 0.1) is 5.41 Å². The molecule has 5 heteroatoms. The summed E-state index contributed by atoms with van der Waals surface area (Å²) in [7, 11) is 1.60. The Bertz CT molecular complexity index is 549. The molecule has 0 aliphatic carbocycles. The zero-order valence-electron chi connectivity index (χ0n) is 10.5. The molecule has 94 valence electrons. The zero-order chi connectivity index (χ0) is 13.5. The van der Waals surface area contributed by atoms with Gasteiger partial charge in [0.05, 0.1) is 11.4 Å². The Balaban J connectivity index is 2.61. The number of amides is 2. The molecule has 1 N–H and O–H groups in total. The molecule has 1 heterocycles. The molecule has 18 heavy (non-hydrogen) atoms. The fourth-order valence-corrected chi connectivity index (χ4v) is 1.91. The van der Waals surface area contributed by atoms with Gasteiger partial charge >= 0.3 is 0 Å². The number of nitrogens with one attached hydrogen (secondary N) is 1. The van der Waals surface area contributed by atoms with E-state index < -0.39 is 5.41 Å². The maximum atomic E-state index is 12.2. The van der Waals surface area contributed by atoms with Gasteiger partial charge in [-0.3, -0.25) is 14.4 Å². The second-order valence-corrected chi connectivity index (χ2v) is 4.84. The fraction of sp³-hybridized carbons (Fsp3) is 0.308. The van der Waals surface area contributed by atoms with E-state index in [1.165, 1.54) is 4.90 Å². The molecule has 1 aromatic rings. The van der Waals surface area contributed by atoms with Crippen LogP contribution in [0.25, 0.3) is 0 Å². The van der Waals surface area contributed by atoms with Gasteiger partial charge in [0, 0.05) is 12.6 Å². The Hall–Kier alpha value is -2.17. The zero-order valence-corrected chi connectivity index (χ0v) is 10.5.